The fourth-order valence-corrected chi connectivity index (χ4v) is 4.39. The van der Waals surface area contributed by atoms with Crippen molar-refractivity contribution < 1.29 is 13.2 Å². The lowest BCUT2D eigenvalue weighted by molar-refractivity contribution is -0.199. The first-order valence-electron chi connectivity index (χ1n) is 6.42. The molecule has 0 aromatic carbocycles. The van der Waals surface area contributed by atoms with Gasteiger partial charge in [0.25, 0.3) is 0 Å². The third-order valence-electron chi connectivity index (χ3n) is 3.91. The van der Waals surface area contributed by atoms with Crippen LogP contribution in [0.25, 0.3) is 0 Å². The molecule has 1 fully saturated rings. The molecule has 3 atom stereocenters. The summed E-state index contributed by atoms with van der Waals surface area (Å²) in [4.78, 5) is 0.824. The molecule has 3 unspecified atom stereocenters. The lowest BCUT2D eigenvalue weighted by atomic mass is 9.74. The molecule has 1 aliphatic carbocycles. The highest BCUT2D eigenvalue weighted by Crippen LogP contribution is 2.48. The van der Waals surface area contributed by atoms with E-state index in [1.165, 1.54) is 11.3 Å². The molecule has 1 heterocycles. The van der Waals surface area contributed by atoms with E-state index in [2.05, 4.69) is 5.32 Å². The average molecular weight is 312 g/mol. The minimum atomic E-state index is -4.12. The maximum atomic E-state index is 13.2. The van der Waals surface area contributed by atoms with Gasteiger partial charge < -0.3 is 5.32 Å². The molecule has 1 aliphatic rings. The van der Waals surface area contributed by atoms with E-state index in [1.807, 2.05) is 5.38 Å². The molecule has 6 heteroatoms. The summed E-state index contributed by atoms with van der Waals surface area (Å²) in [6, 6.07) is 1.44. The third-order valence-corrected chi connectivity index (χ3v) is 5.35. The molecule has 0 bridgehead atoms. The fraction of sp³-hybridized carbons (Fsp3) is 0.692. The zero-order chi connectivity index (χ0) is 14.0. The van der Waals surface area contributed by atoms with Gasteiger partial charge in [0.1, 0.15) is 0 Å². The van der Waals surface area contributed by atoms with Crippen molar-refractivity contribution in [1.29, 1.82) is 0 Å². The van der Waals surface area contributed by atoms with Crippen molar-refractivity contribution >= 4 is 22.9 Å². The standard InChI is InChI=1S/C13H17ClF3NS/c1-18-11(12-10(14)6-7-19-12)8-4-2-3-5-9(8)13(15,16)17/h6-9,11,18H,2-5H2,1H3. The predicted molar refractivity (Wildman–Crippen MR) is 72.6 cm³/mol. The van der Waals surface area contributed by atoms with Crippen LogP contribution >= 0.6 is 22.9 Å². The van der Waals surface area contributed by atoms with E-state index < -0.39 is 18.0 Å². The molecule has 1 N–H and O–H groups in total. The smallest absolute Gasteiger partial charge is 0.312 e. The zero-order valence-electron chi connectivity index (χ0n) is 10.6. The number of halogens is 4. The normalized spacial score (nSPS) is 26.4. The van der Waals surface area contributed by atoms with Crippen LogP contribution in [-0.4, -0.2) is 13.2 Å². The maximum Gasteiger partial charge on any atom is 0.392 e. The SMILES string of the molecule is CNC(c1sccc1Cl)C1CCCCC1C(F)(F)F. The van der Waals surface area contributed by atoms with Crippen molar-refractivity contribution in [1.82, 2.24) is 5.32 Å². The van der Waals surface area contributed by atoms with Crippen molar-refractivity contribution in [2.75, 3.05) is 7.05 Å². The van der Waals surface area contributed by atoms with Gasteiger partial charge in [0.05, 0.1) is 10.9 Å². The van der Waals surface area contributed by atoms with Gasteiger partial charge in [-0.15, -0.1) is 11.3 Å². The van der Waals surface area contributed by atoms with Crippen molar-refractivity contribution in [3.63, 3.8) is 0 Å². The van der Waals surface area contributed by atoms with Gasteiger partial charge in [0.15, 0.2) is 0 Å². The van der Waals surface area contributed by atoms with E-state index in [0.29, 0.717) is 17.9 Å². The van der Waals surface area contributed by atoms with Gasteiger partial charge in [-0.05, 0) is 37.3 Å². The van der Waals surface area contributed by atoms with E-state index in [1.54, 1.807) is 13.1 Å². The van der Waals surface area contributed by atoms with Crippen LogP contribution in [0.3, 0.4) is 0 Å². The van der Waals surface area contributed by atoms with Crippen molar-refractivity contribution in [3.8, 4) is 0 Å². The fourth-order valence-electron chi connectivity index (χ4n) is 3.03. The molecule has 1 nitrogen and oxygen atoms in total. The van der Waals surface area contributed by atoms with Gasteiger partial charge in [0, 0.05) is 10.9 Å². The van der Waals surface area contributed by atoms with Crippen LogP contribution in [0.2, 0.25) is 5.02 Å². The molecular weight excluding hydrogens is 295 g/mol. The van der Waals surface area contributed by atoms with Crippen LogP contribution in [0.5, 0.6) is 0 Å². The number of hydrogen-bond acceptors (Lipinski definition) is 2. The van der Waals surface area contributed by atoms with Crippen molar-refractivity contribution in [2.24, 2.45) is 11.8 Å². The monoisotopic (exact) mass is 311 g/mol. The summed E-state index contributed by atoms with van der Waals surface area (Å²) in [5.74, 6) is -1.65. The first-order chi connectivity index (χ1) is 8.95. The molecule has 1 saturated carbocycles. The highest BCUT2D eigenvalue weighted by Gasteiger charge is 2.48. The first-order valence-corrected chi connectivity index (χ1v) is 7.67. The van der Waals surface area contributed by atoms with E-state index >= 15 is 0 Å². The second-order valence-electron chi connectivity index (χ2n) is 5.00. The molecule has 0 radical (unpaired) electrons. The molecule has 19 heavy (non-hydrogen) atoms. The van der Waals surface area contributed by atoms with Gasteiger partial charge in [-0.25, -0.2) is 0 Å². The number of rotatable bonds is 3. The van der Waals surface area contributed by atoms with Gasteiger partial charge in [-0.3, -0.25) is 0 Å². The second-order valence-corrected chi connectivity index (χ2v) is 6.35. The summed E-state index contributed by atoms with van der Waals surface area (Å²) in [6.45, 7) is 0. The Morgan fingerprint density at radius 3 is 2.58 bits per heavy atom. The molecular formula is C13H17ClF3NS. The summed E-state index contributed by atoms with van der Waals surface area (Å²) in [5.41, 5.74) is 0. The summed E-state index contributed by atoms with van der Waals surface area (Å²) < 4.78 is 39.5. The highest BCUT2D eigenvalue weighted by atomic mass is 35.5. The van der Waals surface area contributed by atoms with Crippen LogP contribution in [0.15, 0.2) is 11.4 Å². The van der Waals surface area contributed by atoms with E-state index in [0.717, 1.165) is 11.3 Å². The Kier molecular flexibility index (Phi) is 4.79. The topological polar surface area (TPSA) is 12.0 Å². The summed E-state index contributed by atoms with van der Waals surface area (Å²) >= 11 is 7.51. The van der Waals surface area contributed by atoms with Crippen LogP contribution in [0, 0.1) is 11.8 Å². The summed E-state index contributed by atoms with van der Waals surface area (Å²) in [6.07, 6.45) is -1.77. The van der Waals surface area contributed by atoms with Crippen LogP contribution in [-0.2, 0) is 0 Å². The average Bonchev–Trinajstić information content (AvgIpc) is 2.76. The maximum absolute atomic E-state index is 13.2. The molecule has 0 amide bonds. The highest BCUT2D eigenvalue weighted by molar-refractivity contribution is 7.10. The van der Waals surface area contributed by atoms with Gasteiger partial charge in [-0.1, -0.05) is 24.4 Å². The van der Waals surface area contributed by atoms with Gasteiger partial charge in [-0.2, -0.15) is 13.2 Å². The van der Waals surface area contributed by atoms with Crippen LogP contribution in [0.4, 0.5) is 13.2 Å². The Labute approximate surface area is 120 Å². The molecule has 0 aliphatic heterocycles. The lowest BCUT2D eigenvalue weighted by Gasteiger charge is -2.37. The van der Waals surface area contributed by atoms with Gasteiger partial charge in [0.2, 0.25) is 0 Å². The predicted octanol–water partition coefficient (Wildman–Crippen LogP) is 5.03. The van der Waals surface area contributed by atoms with Crippen LogP contribution < -0.4 is 5.32 Å². The molecule has 2 rings (SSSR count). The Morgan fingerprint density at radius 1 is 1.37 bits per heavy atom. The summed E-state index contributed by atoms with van der Waals surface area (Å²) in [5, 5.41) is 5.44. The van der Waals surface area contributed by atoms with Crippen molar-refractivity contribution in [3.05, 3.63) is 21.3 Å². The van der Waals surface area contributed by atoms with E-state index in [-0.39, 0.29) is 12.5 Å². The second kappa shape index (κ2) is 6.02. The van der Waals surface area contributed by atoms with Crippen molar-refractivity contribution in [2.45, 2.75) is 37.9 Å². The number of alkyl halides is 3. The quantitative estimate of drug-likeness (QED) is 0.825. The zero-order valence-corrected chi connectivity index (χ0v) is 12.2. The largest absolute Gasteiger partial charge is 0.392 e. The number of thiophene rings is 1. The van der Waals surface area contributed by atoms with E-state index in [9.17, 15) is 13.2 Å². The Bertz CT molecular complexity index is 418. The Hall–Kier alpha value is -0.260. The Balaban J connectivity index is 2.27. The first kappa shape index (κ1) is 15.1. The molecule has 1 aromatic heterocycles. The van der Waals surface area contributed by atoms with Gasteiger partial charge >= 0.3 is 6.18 Å². The third kappa shape index (κ3) is 3.26. The molecule has 1 aromatic rings. The Morgan fingerprint density at radius 2 is 2.05 bits per heavy atom. The molecule has 0 spiro atoms. The summed E-state index contributed by atoms with van der Waals surface area (Å²) in [7, 11) is 1.71. The molecule has 108 valence electrons. The number of hydrogen-bond donors (Lipinski definition) is 1. The van der Waals surface area contributed by atoms with Crippen LogP contribution in [0.1, 0.15) is 36.6 Å². The van der Waals surface area contributed by atoms with E-state index in [4.69, 9.17) is 11.6 Å². The molecule has 0 saturated heterocycles. The number of nitrogens with one attached hydrogen (secondary N) is 1. The minimum Gasteiger partial charge on any atom is -0.312 e. The minimum absolute atomic E-state index is 0.231. The lowest BCUT2D eigenvalue weighted by Crippen LogP contribution is -2.39.